The molecule has 1 fully saturated rings. The standard InChI is InChI=1S/C6H10N4.2ClH/c1-2-10(9-8-1)5-6-3-7-4-6;;/h1-2,6-7H,3-5H2;2*1H. The maximum atomic E-state index is 3.88. The first-order chi connectivity index (χ1) is 4.95. The normalized spacial score (nSPS) is 15.7. The number of aromatic nitrogens is 3. The summed E-state index contributed by atoms with van der Waals surface area (Å²) in [5, 5.41) is 10.8. The van der Waals surface area contributed by atoms with Crippen LogP contribution in [0.2, 0.25) is 0 Å². The third-order valence-corrected chi connectivity index (χ3v) is 1.78. The lowest BCUT2D eigenvalue weighted by atomic mass is 10.0. The largest absolute Gasteiger partial charge is 0.316 e. The fraction of sp³-hybridized carbons (Fsp3) is 0.667. The summed E-state index contributed by atoms with van der Waals surface area (Å²) in [6.45, 7) is 3.26. The molecule has 0 saturated carbocycles. The summed E-state index contributed by atoms with van der Waals surface area (Å²) < 4.78 is 1.88. The molecule has 1 saturated heterocycles. The lowest BCUT2D eigenvalue weighted by molar-refractivity contribution is 0.293. The van der Waals surface area contributed by atoms with Gasteiger partial charge in [0.05, 0.1) is 6.20 Å². The molecule has 0 amide bonds. The molecule has 2 heterocycles. The first kappa shape index (κ1) is 11.7. The second-order valence-electron chi connectivity index (χ2n) is 2.65. The Morgan fingerprint density at radius 2 is 2.17 bits per heavy atom. The summed E-state index contributed by atoms with van der Waals surface area (Å²) in [6.07, 6.45) is 3.62. The molecule has 1 aromatic rings. The number of nitrogens with one attached hydrogen (secondary N) is 1. The maximum absolute atomic E-state index is 3.88. The molecule has 2 rings (SSSR count). The van der Waals surface area contributed by atoms with E-state index in [4.69, 9.17) is 0 Å². The average molecular weight is 211 g/mol. The van der Waals surface area contributed by atoms with Gasteiger partial charge in [-0.25, -0.2) is 0 Å². The van der Waals surface area contributed by atoms with Crippen LogP contribution in [0.5, 0.6) is 0 Å². The van der Waals surface area contributed by atoms with Gasteiger partial charge in [-0.05, 0) is 0 Å². The highest BCUT2D eigenvalue weighted by molar-refractivity contribution is 5.85. The van der Waals surface area contributed by atoms with Crippen LogP contribution >= 0.6 is 24.8 Å². The molecule has 0 aliphatic carbocycles. The zero-order valence-corrected chi connectivity index (χ0v) is 8.14. The van der Waals surface area contributed by atoms with Gasteiger partial charge in [0.1, 0.15) is 0 Å². The van der Waals surface area contributed by atoms with E-state index in [-0.39, 0.29) is 24.8 Å². The molecule has 12 heavy (non-hydrogen) atoms. The fourth-order valence-corrected chi connectivity index (χ4v) is 1.07. The van der Waals surface area contributed by atoms with Crippen LogP contribution in [0.3, 0.4) is 0 Å². The molecule has 1 aliphatic heterocycles. The molecule has 0 bridgehead atoms. The van der Waals surface area contributed by atoms with Crippen LogP contribution in [0.25, 0.3) is 0 Å². The van der Waals surface area contributed by atoms with Crippen LogP contribution < -0.4 is 5.32 Å². The lowest BCUT2D eigenvalue weighted by Crippen LogP contribution is -2.44. The third-order valence-electron chi connectivity index (χ3n) is 1.78. The molecule has 0 unspecified atom stereocenters. The highest BCUT2D eigenvalue weighted by Gasteiger charge is 2.16. The zero-order valence-electron chi connectivity index (χ0n) is 6.51. The Labute approximate surface area is 83.5 Å². The van der Waals surface area contributed by atoms with Crippen LogP contribution in [0.4, 0.5) is 0 Å². The van der Waals surface area contributed by atoms with Gasteiger partial charge in [-0.2, -0.15) is 0 Å². The second-order valence-corrected chi connectivity index (χ2v) is 2.65. The van der Waals surface area contributed by atoms with E-state index in [0.717, 1.165) is 25.6 Å². The van der Waals surface area contributed by atoms with E-state index in [1.807, 2.05) is 10.9 Å². The number of hydrogen-bond donors (Lipinski definition) is 1. The van der Waals surface area contributed by atoms with Crippen molar-refractivity contribution in [1.82, 2.24) is 20.3 Å². The van der Waals surface area contributed by atoms with Crippen molar-refractivity contribution in [3.05, 3.63) is 12.4 Å². The van der Waals surface area contributed by atoms with Crippen LogP contribution in [0.15, 0.2) is 12.4 Å². The summed E-state index contributed by atoms with van der Waals surface area (Å²) in [6, 6.07) is 0. The van der Waals surface area contributed by atoms with Gasteiger partial charge in [0.2, 0.25) is 0 Å². The average Bonchev–Trinajstić information content (AvgIpc) is 2.29. The van der Waals surface area contributed by atoms with Crippen LogP contribution in [-0.4, -0.2) is 28.1 Å². The molecule has 1 aliphatic rings. The van der Waals surface area contributed by atoms with Crippen molar-refractivity contribution >= 4 is 24.8 Å². The minimum Gasteiger partial charge on any atom is -0.316 e. The number of halogens is 2. The predicted molar refractivity (Wildman–Crippen MR) is 50.9 cm³/mol. The topological polar surface area (TPSA) is 42.7 Å². The summed E-state index contributed by atoms with van der Waals surface area (Å²) >= 11 is 0. The van der Waals surface area contributed by atoms with Crippen LogP contribution in [-0.2, 0) is 6.54 Å². The molecule has 6 heteroatoms. The van der Waals surface area contributed by atoms with Gasteiger partial charge in [0.25, 0.3) is 0 Å². The van der Waals surface area contributed by atoms with Crippen LogP contribution in [0.1, 0.15) is 0 Å². The van der Waals surface area contributed by atoms with Gasteiger partial charge in [-0.15, -0.1) is 29.9 Å². The highest BCUT2D eigenvalue weighted by atomic mass is 35.5. The van der Waals surface area contributed by atoms with Gasteiger partial charge in [-0.3, -0.25) is 4.68 Å². The van der Waals surface area contributed by atoms with E-state index in [9.17, 15) is 0 Å². The predicted octanol–water partition coefficient (Wildman–Crippen LogP) is 0.341. The van der Waals surface area contributed by atoms with Crippen molar-refractivity contribution in [1.29, 1.82) is 0 Å². The van der Waals surface area contributed by atoms with Crippen molar-refractivity contribution in [3.8, 4) is 0 Å². The summed E-state index contributed by atoms with van der Waals surface area (Å²) in [5.74, 6) is 0.765. The van der Waals surface area contributed by atoms with E-state index >= 15 is 0 Å². The Kier molecular flexibility index (Phi) is 5.20. The fourth-order valence-electron chi connectivity index (χ4n) is 1.07. The number of rotatable bonds is 2. The minimum atomic E-state index is 0. The maximum Gasteiger partial charge on any atom is 0.0692 e. The Morgan fingerprint density at radius 1 is 1.42 bits per heavy atom. The van der Waals surface area contributed by atoms with Gasteiger partial charge in [-0.1, -0.05) is 5.21 Å². The SMILES string of the molecule is Cl.Cl.c1cn(CC2CNC2)nn1. The first-order valence-corrected chi connectivity index (χ1v) is 3.50. The molecule has 0 aromatic carbocycles. The van der Waals surface area contributed by atoms with Gasteiger partial charge in [0, 0.05) is 31.7 Å². The summed E-state index contributed by atoms with van der Waals surface area (Å²) in [7, 11) is 0. The Hall–Kier alpha value is -0.320. The smallest absolute Gasteiger partial charge is 0.0692 e. The molecule has 0 spiro atoms. The molecule has 70 valence electrons. The van der Waals surface area contributed by atoms with E-state index in [1.54, 1.807) is 6.20 Å². The van der Waals surface area contributed by atoms with E-state index in [2.05, 4.69) is 15.6 Å². The first-order valence-electron chi connectivity index (χ1n) is 3.50. The zero-order chi connectivity index (χ0) is 6.81. The summed E-state index contributed by atoms with van der Waals surface area (Å²) in [4.78, 5) is 0. The van der Waals surface area contributed by atoms with Crippen molar-refractivity contribution in [2.45, 2.75) is 6.54 Å². The number of hydrogen-bond acceptors (Lipinski definition) is 3. The molecule has 0 radical (unpaired) electrons. The quantitative estimate of drug-likeness (QED) is 0.767. The Balaban J connectivity index is 0.000000605. The molecule has 4 nitrogen and oxygen atoms in total. The van der Waals surface area contributed by atoms with Crippen molar-refractivity contribution in [3.63, 3.8) is 0 Å². The summed E-state index contributed by atoms with van der Waals surface area (Å²) in [5.41, 5.74) is 0. The number of nitrogens with zero attached hydrogens (tertiary/aromatic N) is 3. The van der Waals surface area contributed by atoms with Gasteiger partial charge < -0.3 is 5.32 Å². The van der Waals surface area contributed by atoms with Gasteiger partial charge in [0.15, 0.2) is 0 Å². The molecular weight excluding hydrogens is 199 g/mol. The van der Waals surface area contributed by atoms with Crippen molar-refractivity contribution < 1.29 is 0 Å². The minimum absolute atomic E-state index is 0. The monoisotopic (exact) mass is 210 g/mol. The molecular formula is C6H12Cl2N4. The molecule has 1 N–H and O–H groups in total. The second kappa shape index (κ2) is 5.35. The van der Waals surface area contributed by atoms with Crippen LogP contribution in [0, 0.1) is 5.92 Å². The van der Waals surface area contributed by atoms with E-state index < -0.39 is 0 Å². The van der Waals surface area contributed by atoms with Crippen molar-refractivity contribution in [2.24, 2.45) is 5.92 Å². The molecule has 0 atom stereocenters. The third kappa shape index (κ3) is 2.62. The Bertz CT molecular complexity index is 197. The Morgan fingerprint density at radius 3 is 2.58 bits per heavy atom. The highest BCUT2D eigenvalue weighted by Crippen LogP contribution is 2.04. The van der Waals surface area contributed by atoms with Gasteiger partial charge >= 0.3 is 0 Å². The van der Waals surface area contributed by atoms with E-state index in [0.29, 0.717) is 0 Å². The van der Waals surface area contributed by atoms with E-state index in [1.165, 1.54) is 0 Å². The lowest BCUT2D eigenvalue weighted by Gasteiger charge is -2.26. The molecule has 1 aromatic heterocycles. The van der Waals surface area contributed by atoms with Crippen molar-refractivity contribution in [2.75, 3.05) is 13.1 Å².